The molecule has 0 bridgehead atoms. The molecule has 0 saturated carbocycles. The first-order valence-electron chi connectivity index (χ1n) is 14.1. The van der Waals surface area contributed by atoms with Crippen molar-refractivity contribution in [3.63, 3.8) is 0 Å². The van der Waals surface area contributed by atoms with Crippen LogP contribution in [0.2, 0.25) is 19.6 Å². The van der Waals surface area contributed by atoms with Gasteiger partial charge in [0.1, 0.15) is 0 Å². The number of benzene rings is 5. The summed E-state index contributed by atoms with van der Waals surface area (Å²) in [6, 6.07) is 52.5. The van der Waals surface area contributed by atoms with Crippen LogP contribution in [0.4, 0.5) is 0 Å². The Bertz CT molecular complexity index is 1960. The van der Waals surface area contributed by atoms with E-state index in [1.807, 2.05) is 60.8 Å². The Balaban J connectivity index is 0.000000254. The molecular formula is C39H30BIrN2SiY-4. The zero-order chi connectivity index (χ0) is 28.9. The molecule has 219 valence electrons. The van der Waals surface area contributed by atoms with E-state index in [9.17, 15) is 0 Å². The molecule has 6 heteroatoms. The fourth-order valence-electron chi connectivity index (χ4n) is 4.85. The van der Waals surface area contributed by atoms with Crippen LogP contribution in [0.15, 0.2) is 128 Å². The van der Waals surface area contributed by atoms with E-state index in [0.717, 1.165) is 39.0 Å². The van der Waals surface area contributed by atoms with Crippen molar-refractivity contribution in [2.45, 2.75) is 19.6 Å². The first kappa shape index (κ1) is 36.4. The van der Waals surface area contributed by atoms with Gasteiger partial charge in [0.2, 0.25) is 0 Å². The van der Waals surface area contributed by atoms with Crippen molar-refractivity contribution in [1.29, 1.82) is 0 Å². The Morgan fingerprint density at radius 2 is 1.31 bits per heavy atom. The maximum Gasteiger partial charge on any atom is 0.0795 e. The molecule has 45 heavy (non-hydrogen) atoms. The van der Waals surface area contributed by atoms with E-state index in [-0.39, 0.29) is 61.2 Å². The molecule has 2 heterocycles. The number of fused-ring (bicyclic) bond motifs is 3. The minimum atomic E-state index is -1.23. The molecule has 0 aliphatic heterocycles. The molecule has 0 unspecified atom stereocenters. The van der Waals surface area contributed by atoms with E-state index >= 15 is 0 Å². The molecular weight excluding hydrogens is 816 g/mol. The third kappa shape index (κ3) is 8.82. The number of rotatable bonds is 4. The number of pyridine rings is 2. The Hall–Kier alpha value is -3.04. The van der Waals surface area contributed by atoms with Crippen molar-refractivity contribution >= 4 is 43.2 Å². The van der Waals surface area contributed by atoms with E-state index in [1.165, 1.54) is 21.3 Å². The minimum Gasteiger partial charge on any atom is -0.352 e. The van der Waals surface area contributed by atoms with Crippen molar-refractivity contribution < 1.29 is 52.8 Å². The predicted octanol–water partition coefficient (Wildman–Crippen LogP) is 8.83. The predicted molar refractivity (Wildman–Crippen MR) is 184 cm³/mol. The second-order valence-electron chi connectivity index (χ2n) is 11.2. The fraction of sp³-hybridized carbons (Fsp3) is 0.0769. The average Bonchev–Trinajstić information content (AvgIpc) is 3.05. The standard InChI is InChI=1S/C25H14N.C14H16NSi.B.Ir.Y/c1-2-9-23-18(6-1)11-12-19-13-14-21(17-24(19)23)20-7-5-8-22(16-20)25-10-3-4-15-26-25;1-16(2,3)13-9-10-14(15-11-13)12-7-5-4-6-8-12;;;/h1-7,9-15H;4-7,9-11H,1-3H3;;;/q-3;-1;;;. The Kier molecular flexibility index (Phi) is 13.4. The van der Waals surface area contributed by atoms with E-state index in [4.69, 9.17) is 0 Å². The number of aromatic nitrogens is 2. The molecule has 5 aromatic carbocycles. The molecule has 0 atom stereocenters. The van der Waals surface area contributed by atoms with Gasteiger partial charge in [-0.1, -0.05) is 96.1 Å². The van der Waals surface area contributed by atoms with Crippen LogP contribution in [0.3, 0.4) is 0 Å². The summed E-state index contributed by atoms with van der Waals surface area (Å²) in [5.74, 6) is 0. The second-order valence-corrected chi connectivity index (χ2v) is 16.3. The Morgan fingerprint density at radius 1 is 0.578 bits per heavy atom. The summed E-state index contributed by atoms with van der Waals surface area (Å²) in [5.41, 5.74) is 5.83. The molecule has 5 radical (unpaired) electrons. The molecule has 0 N–H and O–H groups in total. The smallest absolute Gasteiger partial charge is 0.0795 e. The van der Waals surface area contributed by atoms with Crippen LogP contribution >= 0.6 is 0 Å². The van der Waals surface area contributed by atoms with Gasteiger partial charge in [0, 0.05) is 73.6 Å². The molecule has 0 amide bonds. The van der Waals surface area contributed by atoms with Gasteiger partial charge < -0.3 is 16.0 Å². The molecule has 7 aromatic rings. The molecule has 0 spiro atoms. The zero-order valence-corrected chi connectivity index (χ0v) is 31.7. The fourth-order valence-corrected chi connectivity index (χ4v) is 5.88. The topological polar surface area (TPSA) is 25.8 Å². The van der Waals surface area contributed by atoms with Gasteiger partial charge in [0.15, 0.2) is 0 Å². The third-order valence-corrected chi connectivity index (χ3v) is 9.24. The molecule has 0 fully saturated rings. The summed E-state index contributed by atoms with van der Waals surface area (Å²) >= 11 is 0. The normalized spacial score (nSPS) is 10.5. The van der Waals surface area contributed by atoms with E-state index in [1.54, 1.807) is 6.20 Å². The van der Waals surface area contributed by atoms with Gasteiger partial charge in [-0.2, -0.15) is 5.56 Å². The Morgan fingerprint density at radius 3 is 2.02 bits per heavy atom. The van der Waals surface area contributed by atoms with Crippen molar-refractivity contribution in [1.82, 2.24) is 9.97 Å². The maximum atomic E-state index is 4.52. The van der Waals surface area contributed by atoms with Crippen LogP contribution in [0, 0.1) is 24.3 Å². The van der Waals surface area contributed by atoms with Crippen molar-refractivity contribution in [3.05, 3.63) is 152 Å². The zero-order valence-electron chi connectivity index (χ0n) is 25.5. The third-order valence-electron chi connectivity index (χ3n) is 7.21. The number of hydrogen-bond donors (Lipinski definition) is 0. The quantitative estimate of drug-likeness (QED) is 0.101. The molecule has 0 aliphatic carbocycles. The molecule has 2 nitrogen and oxygen atoms in total. The first-order chi connectivity index (χ1) is 20.5. The summed E-state index contributed by atoms with van der Waals surface area (Å²) in [5, 5.41) is 6.18. The molecule has 0 aliphatic rings. The monoisotopic (exact) mass is 847 g/mol. The van der Waals surface area contributed by atoms with E-state index in [0.29, 0.717) is 0 Å². The first-order valence-corrected chi connectivity index (χ1v) is 17.6. The Labute approximate surface area is 308 Å². The molecule has 7 rings (SSSR count). The van der Waals surface area contributed by atoms with Crippen molar-refractivity contribution in [2.24, 2.45) is 0 Å². The van der Waals surface area contributed by atoms with Crippen LogP contribution in [-0.2, 0) is 52.8 Å². The summed E-state index contributed by atoms with van der Waals surface area (Å²) in [4.78, 5) is 8.92. The van der Waals surface area contributed by atoms with Crippen molar-refractivity contribution in [3.8, 4) is 33.6 Å². The van der Waals surface area contributed by atoms with Gasteiger partial charge in [-0.25, -0.2) is 6.07 Å². The summed E-state index contributed by atoms with van der Waals surface area (Å²) in [6.45, 7) is 7.00. The summed E-state index contributed by atoms with van der Waals surface area (Å²) in [7, 11) is -1.23. The van der Waals surface area contributed by atoms with Crippen molar-refractivity contribution in [2.75, 3.05) is 0 Å². The SMILES string of the molecule is C[Si](C)(C)c1ccc(-c2[c-]cccc2)nc1.[B].[Ir].[Y].[c-]1ccc(-c2[c-]c3c(cc2)ccc2ccccc23)[c-]c1-c1ccccn1. The van der Waals surface area contributed by atoms with Gasteiger partial charge >= 0.3 is 0 Å². The average molecular weight is 847 g/mol. The van der Waals surface area contributed by atoms with Crippen LogP contribution in [0.5, 0.6) is 0 Å². The van der Waals surface area contributed by atoms with E-state index < -0.39 is 8.07 Å². The molecule has 0 saturated heterocycles. The van der Waals surface area contributed by atoms with Crippen LogP contribution in [-0.4, -0.2) is 26.5 Å². The van der Waals surface area contributed by atoms with Gasteiger partial charge in [-0.15, -0.1) is 65.5 Å². The van der Waals surface area contributed by atoms with Crippen LogP contribution in [0.25, 0.3) is 55.2 Å². The van der Waals surface area contributed by atoms with Gasteiger partial charge in [0.05, 0.1) is 8.07 Å². The van der Waals surface area contributed by atoms with Gasteiger partial charge in [0.25, 0.3) is 0 Å². The van der Waals surface area contributed by atoms with Gasteiger partial charge in [-0.05, 0) is 16.9 Å². The number of nitrogens with zero attached hydrogens (tertiary/aromatic N) is 2. The summed E-state index contributed by atoms with van der Waals surface area (Å²) in [6.07, 6.45) is 3.81. The minimum absolute atomic E-state index is 0. The van der Waals surface area contributed by atoms with Crippen LogP contribution < -0.4 is 5.19 Å². The van der Waals surface area contributed by atoms with Crippen LogP contribution in [0.1, 0.15) is 0 Å². The largest absolute Gasteiger partial charge is 0.352 e. The molecule has 2 aromatic heterocycles. The number of hydrogen-bond acceptors (Lipinski definition) is 2. The summed E-state index contributed by atoms with van der Waals surface area (Å²) < 4.78 is 0. The maximum absolute atomic E-state index is 4.52. The van der Waals surface area contributed by atoms with Gasteiger partial charge in [-0.3, -0.25) is 23.3 Å². The second kappa shape index (κ2) is 16.5. The van der Waals surface area contributed by atoms with E-state index in [2.05, 4.69) is 115 Å².